The maximum Gasteiger partial charge on any atom is 2.00 e. The van der Waals surface area contributed by atoms with Crippen LogP contribution in [0.5, 0.6) is 0 Å². The van der Waals surface area contributed by atoms with E-state index in [-0.39, 0.29) is 40.6 Å². The van der Waals surface area contributed by atoms with Gasteiger partial charge in [-0.3, -0.25) is 8.42 Å². The van der Waals surface area contributed by atoms with Crippen LogP contribution >= 0.6 is 0 Å². The van der Waals surface area contributed by atoms with Crippen LogP contribution in [0.2, 0.25) is 0 Å². The molecule has 0 saturated carbocycles. The van der Waals surface area contributed by atoms with Gasteiger partial charge in [0.05, 0.1) is 0 Å². The van der Waals surface area contributed by atoms with Crippen LogP contribution in [0.1, 0.15) is 0 Å². The van der Waals surface area contributed by atoms with Crippen molar-refractivity contribution >= 4 is 10.4 Å². The first kappa shape index (κ1) is 23.1. The molecule has 8 heteroatoms. The molecular weight excluding hydrogens is 178 g/mol. The van der Waals surface area contributed by atoms with E-state index >= 15 is 0 Å². The molecule has 0 aliphatic carbocycles. The summed E-state index contributed by atoms with van der Waals surface area (Å²) in [5.41, 5.74) is 0. The fourth-order valence-corrected chi connectivity index (χ4v) is 0. The molecule has 0 bridgehead atoms. The molecule has 0 spiro atoms. The van der Waals surface area contributed by atoms with Gasteiger partial charge < -0.3 is 13.8 Å². The zero-order chi connectivity index (χ0) is 4.50. The topological polar surface area (TPSA) is 80.3 Å². The summed E-state index contributed by atoms with van der Waals surface area (Å²) >= 11 is 0. The summed E-state index contributed by atoms with van der Waals surface area (Å²) < 4.78 is 34.1. The third kappa shape index (κ3) is 288. The van der Waals surface area contributed by atoms with Crippen molar-refractivity contribution in [2.24, 2.45) is 0 Å². The molecule has 0 rings (SSSR count). The summed E-state index contributed by atoms with van der Waals surface area (Å²) in [6, 6.07) is 0. The van der Waals surface area contributed by atoms with Gasteiger partial charge in [0.15, 0.2) is 0 Å². The van der Waals surface area contributed by atoms with Gasteiger partial charge in [-0.1, -0.05) is 0 Å². The fraction of sp³-hybridized carbons (Fsp3) is 0. The van der Waals surface area contributed by atoms with E-state index in [0.717, 1.165) is 0 Å². The normalized spacial score (nSPS) is 7.25. The number of hydrogen-bond donors (Lipinski definition) is 0. The Kier molecular flexibility index (Phi) is 22.9. The summed E-state index contributed by atoms with van der Waals surface area (Å²) in [5, 5.41) is 0. The van der Waals surface area contributed by atoms with E-state index in [1.165, 1.54) is 0 Å². The van der Waals surface area contributed by atoms with Gasteiger partial charge in [0.25, 0.3) is 0 Å². The van der Waals surface area contributed by atoms with Crippen molar-refractivity contribution in [3.63, 3.8) is 0 Å². The second kappa shape index (κ2) is 7.92. The first-order valence-corrected chi connectivity index (χ1v) is 2.00. The summed E-state index contributed by atoms with van der Waals surface area (Å²) in [5.74, 6) is 0. The van der Waals surface area contributed by atoms with Crippen molar-refractivity contribution in [2.75, 3.05) is 0 Å². The maximum absolute atomic E-state index is 8.52. The van der Waals surface area contributed by atoms with E-state index in [4.69, 9.17) is 17.5 Å². The Balaban J connectivity index is -0.0000000267. The predicted molar refractivity (Wildman–Crippen MR) is 10.5 cm³/mol. The SMILES string of the molecule is O=S(=O)([O-])[O-].[F-].[Fe+2].[Li+]. The van der Waals surface area contributed by atoms with Gasteiger partial charge in [0.2, 0.25) is 0 Å². The number of hydrogen-bond acceptors (Lipinski definition) is 4. The quantitative estimate of drug-likeness (QED) is 0.209. The minimum Gasteiger partial charge on any atom is -1.00 e. The first-order chi connectivity index (χ1) is 2.00. The molecule has 0 amide bonds. The molecule has 0 aromatic carbocycles. The Labute approximate surface area is 68.6 Å². The van der Waals surface area contributed by atoms with Gasteiger partial charge >= 0.3 is 35.9 Å². The maximum atomic E-state index is 8.52. The molecule has 0 aromatic heterocycles. The molecule has 0 heterocycles. The summed E-state index contributed by atoms with van der Waals surface area (Å²) in [7, 11) is -5.17. The molecule has 4 nitrogen and oxygen atoms in total. The van der Waals surface area contributed by atoms with Gasteiger partial charge in [0, 0.05) is 10.4 Å². The third-order valence-corrected chi connectivity index (χ3v) is 0. The minimum absolute atomic E-state index is 0. The van der Waals surface area contributed by atoms with Crippen LogP contribution in [0.4, 0.5) is 0 Å². The Morgan fingerprint density at radius 2 is 1.12 bits per heavy atom. The van der Waals surface area contributed by atoms with E-state index in [1.807, 2.05) is 0 Å². The Morgan fingerprint density at radius 3 is 1.12 bits per heavy atom. The molecule has 46 valence electrons. The largest absolute Gasteiger partial charge is 2.00 e. The summed E-state index contributed by atoms with van der Waals surface area (Å²) in [6.45, 7) is 0. The molecule has 8 heavy (non-hydrogen) atoms. The third-order valence-electron chi connectivity index (χ3n) is 0. The van der Waals surface area contributed by atoms with E-state index in [9.17, 15) is 0 Å². The van der Waals surface area contributed by atoms with E-state index < -0.39 is 10.4 Å². The van der Waals surface area contributed by atoms with Crippen LogP contribution in [0.3, 0.4) is 0 Å². The first-order valence-electron chi connectivity index (χ1n) is 0.667. The van der Waals surface area contributed by atoms with Crippen LogP contribution in [0.15, 0.2) is 0 Å². The molecular formula is FFeLiO4S. The van der Waals surface area contributed by atoms with Gasteiger partial charge in [-0.05, 0) is 0 Å². The van der Waals surface area contributed by atoms with E-state index in [1.54, 1.807) is 0 Å². The molecule has 0 aromatic rings. The monoisotopic (exact) mass is 178 g/mol. The van der Waals surface area contributed by atoms with Crippen molar-refractivity contribution in [1.82, 2.24) is 0 Å². The molecule has 0 fully saturated rings. The van der Waals surface area contributed by atoms with Crippen molar-refractivity contribution in [2.45, 2.75) is 0 Å². The van der Waals surface area contributed by atoms with Crippen LogP contribution in [0, 0.1) is 0 Å². The van der Waals surface area contributed by atoms with Gasteiger partial charge in [-0.2, -0.15) is 0 Å². The van der Waals surface area contributed by atoms with Gasteiger partial charge in [-0.25, -0.2) is 0 Å². The van der Waals surface area contributed by atoms with Gasteiger partial charge in [-0.15, -0.1) is 0 Å². The Morgan fingerprint density at radius 1 is 1.12 bits per heavy atom. The molecule has 0 saturated heterocycles. The number of halogens is 1. The Hall–Kier alpha value is 0.917. The van der Waals surface area contributed by atoms with Crippen molar-refractivity contribution in [3.05, 3.63) is 0 Å². The van der Waals surface area contributed by atoms with Crippen LogP contribution in [-0.4, -0.2) is 17.5 Å². The molecule has 0 aliphatic rings. The molecule has 0 N–H and O–H groups in total. The van der Waals surface area contributed by atoms with Crippen LogP contribution in [-0.2, 0) is 27.5 Å². The molecule has 0 aliphatic heterocycles. The van der Waals surface area contributed by atoms with E-state index in [2.05, 4.69) is 0 Å². The van der Waals surface area contributed by atoms with Crippen LogP contribution < -0.4 is 23.6 Å². The zero-order valence-electron chi connectivity index (χ0n) is 3.77. The van der Waals surface area contributed by atoms with Crippen molar-refractivity contribution in [3.8, 4) is 0 Å². The van der Waals surface area contributed by atoms with Crippen molar-refractivity contribution in [1.29, 1.82) is 0 Å². The average Bonchev–Trinajstić information content (AvgIpc) is 0.722. The van der Waals surface area contributed by atoms with E-state index in [0.29, 0.717) is 0 Å². The fourth-order valence-electron chi connectivity index (χ4n) is 0. The average molecular weight is 178 g/mol. The molecule has 0 unspecified atom stereocenters. The summed E-state index contributed by atoms with van der Waals surface area (Å²) in [4.78, 5) is 0. The number of rotatable bonds is 0. The summed E-state index contributed by atoms with van der Waals surface area (Å²) in [6.07, 6.45) is 0. The standard InChI is InChI=1S/FH.Fe.Li.H2O4S/c;;;1-5(2,3)4/h1H;;;(H2,1,2,3,4)/q;+2;+1;/p-3. The zero-order valence-corrected chi connectivity index (χ0v) is 5.69. The smallest absolute Gasteiger partial charge is 1.00 e. The van der Waals surface area contributed by atoms with Crippen molar-refractivity contribution < 1.29 is 58.2 Å². The predicted octanol–water partition coefficient (Wildman–Crippen LogP) is -7.33. The second-order valence-corrected chi connectivity index (χ2v) is 1.22. The van der Waals surface area contributed by atoms with Gasteiger partial charge in [0.1, 0.15) is 0 Å². The molecule has 0 radical (unpaired) electrons. The minimum atomic E-state index is -5.17. The van der Waals surface area contributed by atoms with Crippen LogP contribution in [0.25, 0.3) is 0 Å². The second-order valence-electron chi connectivity index (χ2n) is 0.408. The molecule has 0 atom stereocenters. The Bertz CT molecular complexity index is 99.2.